The molecule has 0 aliphatic rings. The van der Waals surface area contributed by atoms with Gasteiger partial charge in [0.1, 0.15) is 6.61 Å². The van der Waals surface area contributed by atoms with E-state index in [1.165, 1.54) is 0 Å². The molecule has 3 nitrogen and oxygen atoms in total. The van der Waals surface area contributed by atoms with E-state index in [4.69, 9.17) is 4.74 Å². The van der Waals surface area contributed by atoms with Gasteiger partial charge in [0.2, 0.25) is 0 Å². The SMILES string of the molecule is CCC(C)(C(=O)OCCN(C)C)C(C)(C)C. The number of hydrogen-bond donors (Lipinski definition) is 0. The molecule has 0 bridgehead atoms. The molecule has 0 rings (SSSR count). The Morgan fingerprint density at radius 2 is 1.69 bits per heavy atom. The van der Waals surface area contributed by atoms with Crippen LogP contribution < -0.4 is 0 Å². The second-order valence-corrected chi connectivity index (χ2v) is 5.87. The quantitative estimate of drug-likeness (QED) is 0.679. The first-order chi connectivity index (χ1) is 7.15. The molecule has 0 N–H and O–H groups in total. The molecule has 0 fully saturated rings. The lowest BCUT2D eigenvalue weighted by Crippen LogP contribution is -2.41. The van der Waals surface area contributed by atoms with Gasteiger partial charge in [0.25, 0.3) is 0 Å². The molecule has 0 saturated heterocycles. The Morgan fingerprint density at radius 3 is 2.00 bits per heavy atom. The van der Waals surface area contributed by atoms with Crippen molar-refractivity contribution in [3.8, 4) is 0 Å². The molecular formula is C13H27NO2. The average molecular weight is 229 g/mol. The van der Waals surface area contributed by atoms with Crippen LogP contribution in [0, 0.1) is 10.8 Å². The van der Waals surface area contributed by atoms with E-state index in [-0.39, 0.29) is 11.4 Å². The summed E-state index contributed by atoms with van der Waals surface area (Å²) >= 11 is 0. The molecule has 0 heterocycles. The van der Waals surface area contributed by atoms with Gasteiger partial charge in [-0.3, -0.25) is 4.79 Å². The van der Waals surface area contributed by atoms with E-state index in [2.05, 4.69) is 20.8 Å². The lowest BCUT2D eigenvalue weighted by atomic mass is 9.66. The molecule has 1 unspecified atom stereocenters. The van der Waals surface area contributed by atoms with Crippen LogP contribution >= 0.6 is 0 Å². The molecule has 1 atom stereocenters. The number of carbonyl (C=O) groups is 1. The van der Waals surface area contributed by atoms with Crippen LogP contribution in [0.1, 0.15) is 41.0 Å². The Bertz CT molecular complexity index is 231. The van der Waals surface area contributed by atoms with Crippen LogP contribution in [0.5, 0.6) is 0 Å². The lowest BCUT2D eigenvalue weighted by molar-refractivity contribution is -0.162. The maximum atomic E-state index is 12.1. The summed E-state index contributed by atoms with van der Waals surface area (Å²) in [6, 6.07) is 0. The second-order valence-electron chi connectivity index (χ2n) is 5.87. The van der Waals surface area contributed by atoms with Gasteiger partial charge >= 0.3 is 5.97 Å². The minimum atomic E-state index is -0.403. The summed E-state index contributed by atoms with van der Waals surface area (Å²) in [4.78, 5) is 14.1. The fraction of sp³-hybridized carbons (Fsp3) is 0.923. The largest absolute Gasteiger partial charge is 0.464 e. The maximum Gasteiger partial charge on any atom is 0.312 e. The van der Waals surface area contributed by atoms with E-state index in [9.17, 15) is 4.79 Å². The van der Waals surface area contributed by atoms with Crippen LogP contribution in [0.15, 0.2) is 0 Å². The number of hydrogen-bond acceptors (Lipinski definition) is 3. The van der Waals surface area contributed by atoms with Crippen molar-refractivity contribution in [1.82, 2.24) is 4.90 Å². The van der Waals surface area contributed by atoms with E-state index in [1.807, 2.05) is 32.8 Å². The highest BCUT2D eigenvalue weighted by Crippen LogP contribution is 2.42. The van der Waals surface area contributed by atoms with Gasteiger partial charge in [-0.25, -0.2) is 0 Å². The standard InChI is InChI=1S/C13H27NO2/c1-8-13(5,12(2,3)4)11(15)16-10-9-14(6)7/h8-10H2,1-7H3. The van der Waals surface area contributed by atoms with Crippen LogP contribution in [-0.2, 0) is 9.53 Å². The molecule has 0 spiro atoms. The zero-order valence-electron chi connectivity index (χ0n) is 11.9. The highest BCUT2D eigenvalue weighted by molar-refractivity contribution is 5.77. The molecule has 3 heteroatoms. The zero-order chi connectivity index (χ0) is 13.0. The predicted molar refractivity (Wildman–Crippen MR) is 67.4 cm³/mol. The Morgan fingerprint density at radius 1 is 1.19 bits per heavy atom. The van der Waals surface area contributed by atoms with Gasteiger partial charge in [0, 0.05) is 6.54 Å². The van der Waals surface area contributed by atoms with Crippen molar-refractivity contribution in [2.45, 2.75) is 41.0 Å². The Hall–Kier alpha value is -0.570. The zero-order valence-corrected chi connectivity index (χ0v) is 11.9. The number of rotatable bonds is 5. The van der Waals surface area contributed by atoms with E-state index in [0.717, 1.165) is 13.0 Å². The molecule has 16 heavy (non-hydrogen) atoms. The van der Waals surface area contributed by atoms with E-state index in [1.54, 1.807) is 0 Å². The van der Waals surface area contributed by atoms with Crippen molar-refractivity contribution in [1.29, 1.82) is 0 Å². The Kier molecular flexibility index (Phi) is 5.47. The molecule has 96 valence electrons. The van der Waals surface area contributed by atoms with E-state index < -0.39 is 5.41 Å². The summed E-state index contributed by atoms with van der Waals surface area (Å²) < 4.78 is 5.35. The highest BCUT2D eigenvalue weighted by atomic mass is 16.5. The fourth-order valence-electron chi connectivity index (χ4n) is 1.46. The van der Waals surface area contributed by atoms with Crippen molar-refractivity contribution in [2.24, 2.45) is 10.8 Å². The van der Waals surface area contributed by atoms with Gasteiger partial charge in [-0.1, -0.05) is 27.7 Å². The second kappa shape index (κ2) is 5.67. The van der Waals surface area contributed by atoms with Gasteiger partial charge in [-0.15, -0.1) is 0 Å². The molecule has 0 aromatic heterocycles. The summed E-state index contributed by atoms with van der Waals surface area (Å²) in [5, 5.41) is 0. The van der Waals surface area contributed by atoms with Crippen LogP contribution in [0.25, 0.3) is 0 Å². The summed E-state index contributed by atoms with van der Waals surface area (Å²) in [6.45, 7) is 11.5. The van der Waals surface area contributed by atoms with Gasteiger partial charge in [0.15, 0.2) is 0 Å². The van der Waals surface area contributed by atoms with Crippen molar-refractivity contribution in [3.63, 3.8) is 0 Å². The van der Waals surface area contributed by atoms with Crippen molar-refractivity contribution in [3.05, 3.63) is 0 Å². The third kappa shape index (κ3) is 3.78. The summed E-state index contributed by atoms with van der Waals surface area (Å²) in [6.07, 6.45) is 0.803. The van der Waals surface area contributed by atoms with E-state index >= 15 is 0 Å². The lowest BCUT2D eigenvalue weighted by Gasteiger charge is -2.38. The number of likely N-dealkylation sites (N-methyl/N-ethyl adjacent to an activating group) is 1. The minimum absolute atomic E-state index is 0.0725. The number of carbonyl (C=O) groups excluding carboxylic acids is 1. The maximum absolute atomic E-state index is 12.1. The predicted octanol–water partition coefficient (Wildman–Crippen LogP) is 2.55. The molecule has 0 aliphatic carbocycles. The third-order valence-corrected chi connectivity index (χ3v) is 3.58. The first-order valence-electron chi connectivity index (χ1n) is 5.97. The van der Waals surface area contributed by atoms with Crippen molar-refractivity contribution in [2.75, 3.05) is 27.2 Å². The Balaban J connectivity index is 4.44. The molecule has 0 aromatic rings. The average Bonchev–Trinajstić information content (AvgIpc) is 2.13. The first-order valence-corrected chi connectivity index (χ1v) is 5.97. The summed E-state index contributed by atoms with van der Waals surface area (Å²) in [5.74, 6) is -0.0793. The molecule has 0 saturated carbocycles. The van der Waals surface area contributed by atoms with Crippen LogP contribution in [-0.4, -0.2) is 38.1 Å². The topological polar surface area (TPSA) is 29.5 Å². The number of nitrogens with zero attached hydrogens (tertiary/aromatic N) is 1. The molecular weight excluding hydrogens is 202 g/mol. The first kappa shape index (κ1) is 15.4. The molecule has 0 amide bonds. The van der Waals surface area contributed by atoms with Gasteiger partial charge in [0.05, 0.1) is 5.41 Å². The monoisotopic (exact) mass is 229 g/mol. The van der Waals surface area contributed by atoms with Crippen LogP contribution in [0.4, 0.5) is 0 Å². The van der Waals surface area contributed by atoms with E-state index in [0.29, 0.717) is 6.61 Å². The highest BCUT2D eigenvalue weighted by Gasteiger charge is 2.43. The summed E-state index contributed by atoms with van der Waals surface area (Å²) in [5.41, 5.74) is -0.476. The third-order valence-electron chi connectivity index (χ3n) is 3.58. The van der Waals surface area contributed by atoms with Crippen molar-refractivity contribution < 1.29 is 9.53 Å². The number of ether oxygens (including phenoxy) is 1. The van der Waals surface area contributed by atoms with Crippen molar-refractivity contribution >= 4 is 5.97 Å². The smallest absolute Gasteiger partial charge is 0.312 e. The minimum Gasteiger partial charge on any atom is -0.464 e. The number of esters is 1. The normalized spacial score (nSPS) is 16.0. The Labute approximate surface area is 100 Å². The molecule has 0 aliphatic heterocycles. The van der Waals surface area contributed by atoms with Gasteiger partial charge < -0.3 is 9.64 Å². The molecule has 0 aromatic carbocycles. The van der Waals surface area contributed by atoms with Crippen LogP contribution in [0.3, 0.4) is 0 Å². The van der Waals surface area contributed by atoms with Gasteiger partial charge in [-0.05, 0) is 32.9 Å². The van der Waals surface area contributed by atoms with Crippen LogP contribution in [0.2, 0.25) is 0 Å². The fourth-order valence-corrected chi connectivity index (χ4v) is 1.46. The molecule has 0 radical (unpaired) electrons. The van der Waals surface area contributed by atoms with Gasteiger partial charge in [-0.2, -0.15) is 0 Å². The summed E-state index contributed by atoms with van der Waals surface area (Å²) in [7, 11) is 3.94.